The molecule has 3 nitrogen and oxygen atoms in total. The van der Waals surface area contributed by atoms with Crippen LogP contribution in [-0.4, -0.2) is 5.78 Å². The lowest BCUT2D eigenvalue weighted by Crippen LogP contribution is -3.00. The molecular formula is C23H24BrNO2. The van der Waals surface area contributed by atoms with Gasteiger partial charge in [-0.05, 0) is 36.2 Å². The van der Waals surface area contributed by atoms with Gasteiger partial charge in [0.15, 0.2) is 11.9 Å². The Morgan fingerprint density at radius 1 is 0.926 bits per heavy atom. The lowest BCUT2D eigenvalue weighted by Gasteiger charge is -2.07. The number of carbonyl (C=O) groups excluding carboxylic acids is 1. The molecule has 0 saturated carbocycles. The van der Waals surface area contributed by atoms with Crippen LogP contribution in [-0.2, 0) is 19.6 Å². The average Bonchev–Trinajstić information content (AvgIpc) is 2.69. The summed E-state index contributed by atoms with van der Waals surface area (Å²) in [6.07, 6.45) is 4.01. The third kappa shape index (κ3) is 6.04. The fourth-order valence-electron chi connectivity index (χ4n) is 2.87. The second-order valence-electron chi connectivity index (χ2n) is 6.29. The van der Waals surface area contributed by atoms with Crippen molar-refractivity contribution in [2.45, 2.75) is 32.9 Å². The number of ketones is 1. The summed E-state index contributed by atoms with van der Waals surface area (Å²) in [5.74, 6) is 0.873. The number of Topliss-reactive ketones (excluding diaryl/α,β-unsaturated/α-hetero) is 1. The van der Waals surface area contributed by atoms with E-state index in [-0.39, 0.29) is 22.8 Å². The molecule has 0 aliphatic carbocycles. The Labute approximate surface area is 171 Å². The molecule has 140 valence electrons. The summed E-state index contributed by atoms with van der Waals surface area (Å²) in [4.78, 5) is 12.6. The lowest BCUT2D eigenvalue weighted by atomic mass is 10.1. The molecule has 0 aliphatic heterocycles. The molecule has 0 fully saturated rings. The molecule has 0 radical (unpaired) electrons. The topological polar surface area (TPSA) is 30.2 Å². The third-order valence-electron chi connectivity index (χ3n) is 4.28. The predicted molar refractivity (Wildman–Crippen MR) is 102 cm³/mol. The zero-order valence-electron chi connectivity index (χ0n) is 15.5. The highest BCUT2D eigenvalue weighted by molar-refractivity contribution is 5.95. The number of halogens is 1. The molecule has 0 spiro atoms. The van der Waals surface area contributed by atoms with E-state index in [1.165, 1.54) is 5.69 Å². The summed E-state index contributed by atoms with van der Waals surface area (Å²) in [6, 6.07) is 23.5. The molecule has 1 heterocycles. The lowest BCUT2D eigenvalue weighted by molar-refractivity contribution is -0.690. The van der Waals surface area contributed by atoms with Gasteiger partial charge in [0, 0.05) is 24.1 Å². The van der Waals surface area contributed by atoms with Gasteiger partial charge in [0.05, 0.1) is 0 Å². The first-order valence-corrected chi connectivity index (χ1v) is 9.03. The number of pyridine rings is 1. The van der Waals surface area contributed by atoms with Crippen LogP contribution in [0.5, 0.6) is 5.75 Å². The Kier molecular flexibility index (Phi) is 8.21. The maximum atomic E-state index is 12.6. The fourth-order valence-corrected chi connectivity index (χ4v) is 2.87. The SMILES string of the molecule is CCCc1cccc[n+]1CC(=O)c1ccc(OCc2ccccc2)cc1.[Br-]. The van der Waals surface area contributed by atoms with Gasteiger partial charge in [-0.15, -0.1) is 0 Å². The van der Waals surface area contributed by atoms with Crippen molar-refractivity contribution in [2.75, 3.05) is 0 Å². The summed E-state index contributed by atoms with van der Waals surface area (Å²) in [5, 5.41) is 0. The number of hydrogen-bond donors (Lipinski definition) is 0. The van der Waals surface area contributed by atoms with Gasteiger partial charge >= 0.3 is 0 Å². The van der Waals surface area contributed by atoms with Crippen molar-refractivity contribution in [3.05, 3.63) is 95.8 Å². The molecule has 0 saturated heterocycles. The molecule has 0 unspecified atom stereocenters. The van der Waals surface area contributed by atoms with E-state index in [2.05, 4.69) is 13.0 Å². The zero-order chi connectivity index (χ0) is 18.2. The Morgan fingerprint density at radius 3 is 2.33 bits per heavy atom. The number of nitrogens with zero attached hydrogens (tertiary/aromatic N) is 1. The molecule has 0 aliphatic rings. The minimum atomic E-state index is 0. The van der Waals surface area contributed by atoms with E-state index in [0.717, 1.165) is 24.2 Å². The molecule has 1 aromatic heterocycles. The maximum Gasteiger partial charge on any atom is 0.227 e. The minimum Gasteiger partial charge on any atom is -1.00 e. The highest BCUT2D eigenvalue weighted by Crippen LogP contribution is 2.15. The van der Waals surface area contributed by atoms with Crippen molar-refractivity contribution in [1.29, 1.82) is 0 Å². The molecule has 3 aromatic rings. The molecule has 0 amide bonds. The van der Waals surface area contributed by atoms with Crippen LogP contribution in [0, 0.1) is 0 Å². The number of hydrogen-bond acceptors (Lipinski definition) is 2. The van der Waals surface area contributed by atoms with Crippen molar-refractivity contribution in [3.63, 3.8) is 0 Å². The minimum absolute atomic E-state index is 0. The van der Waals surface area contributed by atoms with Gasteiger partial charge < -0.3 is 21.7 Å². The van der Waals surface area contributed by atoms with Crippen molar-refractivity contribution < 1.29 is 31.1 Å². The van der Waals surface area contributed by atoms with E-state index in [1.807, 2.05) is 77.5 Å². The van der Waals surface area contributed by atoms with Crippen molar-refractivity contribution in [3.8, 4) is 5.75 Å². The van der Waals surface area contributed by atoms with Crippen LogP contribution in [0.25, 0.3) is 0 Å². The standard InChI is InChI=1S/C23H24NO2.BrH/c1-2-8-21-11-6-7-16-24(21)17-23(25)20-12-14-22(15-13-20)26-18-19-9-4-3-5-10-19;/h3-7,9-16H,2,8,17-18H2,1H3;1H/q+1;/p-1. The summed E-state index contributed by atoms with van der Waals surface area (Å²) in [7, 11) is 0. The van der Waals surface area contributed by atoms with Gasteiger partial charge in [-0.3, -0.25) is 4.79 Å². The summed E-state index contributed by atoms with van der Waals surface area (Å²) < 4.78 is 7.81. The Morgan fingerprint density at radius 2 is 1.63 bits per heavy atom. The van der Waals surface area contributed by atoms with Crippen LogP contribution < -0.4 is 26.3 Å². The summed E-state index contributed by atoms with van der Waals surface area (Å²) in [5.41, 5.74) is 3.01. The monoisotopic (exact) mass is 425 g/mol. The Balaban J connectivity index is 0.00000261. The number of rotatable bonds is 8. The highest BCUT2D eigenvalue weighted by atomic mass is 79.9. The molecular weight excluding hydrogens is 402 g/mol. The molecule has 0 bridgehead atoms. The van der Waals surface area contributed by atoms with Crippen LogP contribution in [0.4, 0.5) is 0 Å². The number of ether oxygens (including phenoxy) is 1. The normalized spacial score (nSPS) is 10.1. The number of aryl methyl sites for hydroxylation is 1. The van der Waals surface area contributed by atoms with E-state index >= 15 is 0 Å². The smallest absolute Gasteiger partial charge is 0.227 e. The molecule has 0 atom stereocenters. The first-order chi connectivity index (χ1) is 12.8. The van der Waals surface area contributed by atoms with Crippen LogP contribution in [0.3, 0.4) is 0 Å². The van der Waals surface area contributed by atoms with E-state index in [9.17, 15) is 4.79 Å². The Hall–Kier alpha value is -2.46. The molecule has 4 heteroatoms. The largest absolute Gasteiger partial charge is 1.00 e. The molecule has 0 N–H and O–H groups in total. The highest BCUT2D eigenvalue weighted by Gasteiger charge is 2.15. The summed E-state index contributed by atoms with van der Waals surface area (Å²) >= 11 is 0. The number of aromatic nitrogens is 1. The van der Waals surface area contributed by atoms with Crippen LogP contribution in [0.1, 0.15) is 35.0 Å². The van der Waals surface area contributed by atoms with Gasteiger partial charge in [0.2, 0.25) is 12.3 Å². The fraction of sp³-hybridized carbons (Fsp3) is 0.217. The van der Waals surface area contributed by atoms with Crippen LogP contribution >= 0.6 is 0 Å². The Bertz CT molecular complexity index is 848. The van der Waals surface area contributed by atoms with Crippen LogP contribution in [0.2, 0.25) is 0 Å². The first kappa shape index (κ1) is 20.8. The van der Waals surface area contributed by atoms with Gasteiger partial charge in [0.25, 0.3) is 0 Å². The molecule has 3 rings (SSSR count). The van der Waals surface area contributed by atoms with Crippen molar-refractivity contribution in [2.24, 2.45) is 0 Å². The second kappa shape index (κ2) is 10.6. The first-order valence-electron chi connectivity index (χ1n) is 9.03. The average molecular weight is 426 g/mol. The third-order valence-corrected chi connectivity index (χ3v) is 4.28. The quantitative estimate of drug-likeness (QED) is 0.403. The van der Waals surface area contributed by atoms with E-state index in [4.69, 9.17) is 4.74 Å². The predicted octanol–water partition coefficient (Wildman–Crippen LogP) is 1.39. The maximum absolute atomic E-state index is 12.6. The van der Waals surface area contributed by atoms with Gasteiger partial charge in [0.1, 0.15) is 12.4 Å². The summed E-state index contributed by atoms with van der Waals surface area (Å²) in [6.45, 7) is 3.03. The van der Waals surface area contributed by atoms with Crippen molar-refractivity contribution >= 4 is 5.78 Å². The van der Waals surface area contributed by atoms with Crippen LogP contribution in [0.15, 0.2) is 79.0 Å². The van der Waals surface area contributed by atoms with E-state index in [0.29, 0.717) is 18.7 Å². The second-order valence-corrected chi connectivity index (χ2v) is 6.29. The number of carbonyl (C=O) groups is 1. The van der Waals surface area contributed by atoms with E-state index < -0.39 is 0 Å². The van der Waals surface area contributed by atoms with Crippen molar-refractivity contribution in [1.82, 2.24) is 0 Å². The molecule has 2 aromatic carbocycles. The number of benzene rings is 2. The van der Waals surface area contributed by atoms with Gasteiger partial charge in [-0.2, -0.15) is 4.57 Å². The van der Waals surface area contributed by atoms with E-state index in [1.54, 1.807) is 0 Å². The molecule has 27 heavy (non-hydrogen) atoms. The van der Waals surface area contributed by atoms with Gasteiger partial charge in [-0.25, -0.2) is 0 Å². The zero-order valence-corrected chi connectivity index (χ0v) is 17.1. The van der Waals surface area contributed by atoms with Gasteiger partial charge in [-0.1, -0.05) is 43.3 Å².